The van der Waals surface area contributed by atoms with Gasteiger partial charge in [0.2, 0.25) is 0 Å². The van der Waals surface area contributed by atoms with E-state index in [0.29, 0.717) is 24.2 Å². The molecule has 2 aromatic heterocycles. The molecule has 4 atom stereocenters. The first kappa shape index (κ1) is 53.8. The van der Waals surface area contributed by atoms with Crippen molar-refractivity contribution in [3.63, 3.8) is 0 Å². The van der Waals surface area contributed by atoms with Crippen LogP contribution in [0.5, 0.6) is 0 Å². The summed E-state index contributed by atoms with van der Waals surface area (Å²) in [6.45, 7) is 4.46. The molecule has 4 rings (SSSR count). The molecule has 4 amide bonds. The molecule has 1 aliphatic rings. The van der Waals surface area contributed by atoms with Crippen molar-refractivity contribution in [3.8, 4) is 0 Å². The number of carbonyl (C=O) groups is 4. The molecule has 0 bridgehead atoms. The Hall–Kier alpha value is -4.79. The van der Waals surface area contributed by atoms with E-state index in [1.54, 1.807) is 16.7 Å². The number of amides is 4. The van der Waals surface area contributed by atoms with Crippen LogP contribution < -0.4 is 21.3 Å². The molecule has 1 fully saturated rings. The Bertz CT molecular complexity index is 1810. The number of para-hydroxylation sites is 1. The Morgan fingerprint density at radius 2 is 1.08 bits per heavy atom. The van der Waals surface area contributed by atoms with Crippen molar-refractivity contribution in [2.45, 2.75) is 218 Å². The summed E-state index contributed by atoms with van der Waals surface area (Å²) in [6.07, 6.45) is 30.0. The maximum absolute atomic E-state index is 13.7. The minimum Gasteiger partial charge on any atom is -0.455 e. The second-order valence-electron chi connectivity index (χ2n) is 17.9. The van der Waals surface area contributed by atoms with Crippen molar-refractivity contribution in [1.29, 1.82) is 0 Å². The van der Waals surface area contributed by atoms with Crippen molar-refractivity contribution < 1.29 is 33.4 Å². The topological polar surface area (TPSA) is 188 Å². The minimum atomic E-state index is -1.10. The second-order valence-corrected chi connectivity index (χ2v) is 17.9. The van der Waals surface area contributed by atoms with Gasteiger partial charge in [0.25, 0.3) is 0 Å². The quantitative estimate of drug-likeness (QED) is 0.0326. The summed E-state index contributed by atoms with van der Waals surface area (Å²) in [5.74, 6) is -0.712. The predicted molar refractivity (Wildman–Crippen MR) is 261 cm³/mol. The van der Waals surface area contributed by atoms with Gasteiger partial charge in [0, 0.05) is 32.1 Å². The van der Waals surface area contributed by atoms with Crippen molar-refractivity contribution in [3.05, 3.63) is 43.0 Å². The maximum Gasteiger partial charge on any atom is 0.324 e. The molecule has 15 nitrogen and oxygen atoms in total. The summed E-state index contributed by atoms with van der Waals surface area (Å²) in [5.41, 5.74) is 1.16. The summed E-state index contributed by atoms with van der Waals surface area (Å²) in [4.78, 5) is 65.9. The fourth-order valence-corrected chi connectivity index (χ4v) is 8.56. The van der Waals surface area contributed by atoms with E-state index in [4.69, 9.17) is 14.2 Å². The van der Waals surface area contributed by atoms with Crippen LogP contribution >= 0.6 is 0 Å². The lowest BCUT2D eigenvalue weighted by Gasteiger charge is -2.25. The number of esters is 2. The van der Waals surface area contributed by atoms with Gasteiger partial charge in [-0.25, -0.2) is 24.5 Å². The summed E-state index contributed by atoms with van der Waals surface area (Å²) >= 11 is 0. The first-order valence-electron chi connectivity index (χ1n) is 25.6. The maximum atomic E-state index is 13.7. The molecule has 1 aromatic carbocycles. The number of urea groups is 2. The summed E-state index contributed by atoms with van der Waals surface area (Å²) in [6, 6.07) is 8.03. The lowest BCUT2D eigenvalue weighted by Crippen LogP contribution is -2.45. The molecular formula is C51H82N8O7. The van der Waals surface area contributed by atoms with Gasteiger partial charge in [0.05, 0.1) is 6.33 Å². The number of fused-ring (bicyclic) bond motifs is 1. The molecule has 15 heteroatoms. The van der Waals surface area contributed by atoms with Gasteiger partial charge < -0.3 is 30.2 Å². The summed E-state index contributed by atoms with van der Waals surface area (Å²) in [7, 11) is 1.50. The molecule has 0 radical (unpaired) electrons. The molecule has 66 heavy (non-hydrogen) atoms. The normalized spacial score (nSPS) is 16.8. The summed E-state index contributed by atoms with van der Waals surface area (Å²) < 4.78 is 20.5. The van der Waals surface area contributed by atoms with Crippen LogP contribution in [0.2, 0.25) is 0 Å². The number of anilines is 2. The second kappa shape index (κ2) is 32.8. The number of unbranched alkanes of at least 4 members (excludes halogenated alkanes) is 24. The number of carbonyl (C=O) groups excluding carboxylic acids is 4. The van der Waals surface area contributed by atoms with Gasteiger partial charge in [-0.3, -0.25) is 19.5 Å². The highest BCUT2D eigenvalue weighted by Gasteiger charge is 2.51. The van der Waals surface area contributed by atoms with Gasteiger partial charge in [-0.1, -0.05) is 186 Å². The molecular weight excluding hydrogens is 837 g/mol. The SMILES string of the molecule is CCCCCCCCCCCCCCCC(=O)O[C@@H]1[C@H](OC(=O)CCCCCCCCCCCCCCC)[C@@H](CNC(=O)NC)O[C@H]1n1cnc2c(NC(=O)Nc3ccccc3)ncnc21. The molecule has 0 aliphatic carbocycles. The Morgan fingerprint density at radius 1 is 0.591 bits per heavy atom. The number of aromatic nitrogens is 4. The zero-order valence-corrected chi connectivity index (χ0v) is 40.5. The molecule has 0 unspecified atom stereocenters. The number of imidazole rings is 1. The van der Waals surface area contributed by atoms with E-state index in [1.807, 2.05) is 18.2 Å². The molecule has 0 spiro atoms. The van der Waals surface area contributed by atoms with Crippen LogP contribution in [-0.4, -0.2) is 75.4 Å². The number of hydrogen-bond acceptors (Lipinski definition) is 10. The van der Waals surface area contributed by atoms with Crippen molar-refractivity contribution in [2.24, 2.45) is 0 Å². The van der Waals surface area contributed by atoms with E-state index in [9.17, 15) is 19.2 Å². The first-order valence-corrected chi connectivity index (χ1v) is 25.6. The molecule has 0 saturated carbocycles. The van der Waals surface area contributed by atoms with Crippen LogP contribution in [0.3, 0.4) is 0 Å². The number of benzene rings is 1. The Morgan fingerprint density at radius 3 is 1.58 bits per heavy atom. The fraction of sp³-hybridized carbons (Fsp3) is 0.706. The van der Waals surface area contributed by atoms with Crippen LogP contribution in [0, 0.1) is 0 Å². The van der Waals surface area contributed by atoms with Gasteiger partial charge in [-0.05, 0) is 25.0 Å². The van der Waals surface area contributed by atoms with E-state index in [-0.39, 0.29) is 30.7 Å². The Kier molecular flexibility index (Phi) is 26.8. The lowest BCUT2D eigenvalue weighted by atomic mass is 10.0. The summed E-state index contributed by atoms with van der Waals surface area (Å²) in [5, 5.41) is 10.8. The highest BCUT2D eigenvalue weighted by atomic mass is 16.6. The number of nitrogens with one attached hydrogen (secondary N) is 4. The predicted octanol–water partition coefficient (Wildman–Crippen LogP) is 12.1. The van der Waals surface area contributed by atoms with E-state index in [0.717, 1.165) is 38.5 Å². The largest absolute Gasteiger partial charge is 0.455 e. The van der Waals surface area contributed by atoms with E-state index in [1.165, 1.54) is 135 Å². The van der Waals surface area contributed by atoms with Gasteiger partial charge in [-0.2, -0.15) is 0 Å². The number of ether oxygens (including phenoxy) is 3. The molecule has 1 saturated heterocycles. The molecule has 3 aromatic rings. The fourth-order valence-electron chi connectivity index (χ4n) is 8.56. The van der Waals surface area contributed by atoms with E-state index >= 15 is 0 Å². The van der Waals surface area contributed by atoms with Gasteiger partial charge in [0.15, 0.2) is 35.4 Å². The average Bonchev–Trinajstić information content (AvgIpc) is 3.90. The van der Waals surface area contributed by atoms with Gasteiger partial charge >= 0.3 is 24.0 Å². The third-order valence-corrected chi connectivity index (χ3v) is 12.4. The minimum absolute atomic E-state index is 0.0339. The molecule has 4 N–H and O–H groups in total. The average molecular weight is 919 g/mol. The number of nitrogens with zero attached hydrogens (tertiary/aromatic N) is 4. The van der Waals surface area contributed by atoms with Crippen LogP contribution in [0.25, 0.3) is 11.2 Å². The number of rotatable bonds is 35. The highest BCUT2D eigenvalue weighted by Crippen LogP contribution is 2.37. The molecule has 3 heterocycles. The van der Waals surface area contributed by atoms with Gasteiger partial charge in [-0.15, -0.1) is 0 Å². The van der Waals surface area contributed by atoms with Crippen molar-refractivity contribution in [1.82, 2.24) is 30.2 Å². The van der Waals surface area contributed by atoms with Crippen LogP contribution in [0.4, 0.5) is 21.1 Å². The van der Waals surface area contributed by atoms with Crippen molar-refractivity contribution in [2.75, 3.05) is 24.2 Å². The molecule has 368 valence electrons. The van der Waals surface area contributed by atoms with Crippen molar-refractivity contribution >= 4 is 46.7 Å². The standard InChI is InChI=1S/C51H82N8O7/c1-4-6-8-10-12-14-16-18-20-22-24-26-31-35-42(60)65-45-41(37-53-50(62)52-3)64-49(46(45)66-43(61)36-32-27-25-23-21-19-17-15-13-11-9-7-5-2)59-39-56-44-47(54-38-55-48(44)59)58-51(63)57-40-33-29-28-30-34-40/h28-30,33-34,38-39,41,45-46,49H,4-27,31-32,35-37H2,1-3H3,(H2,52,53,62)(H2,54,55,57,58,63)/t41-,45-,46-,49-/m1/s1. The monoisotopic (exact) mass is 919 g/mol. The van der Waals surface area contributed by atoms with E-state index in [2.05, 4.69) is 50.1 Å². The number of hydrogen-bond donors (Lipinski definition) is 4. The zero-order valence-electron chi connectivity index (χ0n) is 40.5. The van der Waals surface area contributed by atoms with Crippen LogP contribution in [-0.2, 0) is 23.8 Å². The third-order valence-electron chi connectivity index (χ3n) is 12.4. The zero-order chi connectivity index (χ0) is 47.0. The lowest BCUT2D eigenvalue weighted by molar-refractivity contribution is -0.168. The Labute approximate surface area is 394 Å². The van der Waals surface area contributed by atoms with Crippen LogP contribution in [0.15, 0.2) is 43.0 Å². The smallest absolute Gasteiger partial charge is 0.324 e. The van der Waals surface area contributed by atoms with Gasteiger partial charge in [0.1, 0.15) is 12.4 Å². The Balaban J connectivity index is 1.39. The third kappa shape index (κ3) is 20.4. The first-order chi connectivity index (χ1) is 32.3. The van der Waals surface area contributed by atoms with E-state index < -0.39 is 48.5 Å². The highest BCUT2D eigenvalue weighted by molar-refractivity contribution is 6.02. The van der Waals surface area contributed by atoms with Crippen LogP contribution in [0.1, 0.15) is 200 Å². The molecule has 1 aliphatic heterocycles.